The van der Waals surface area contributed by atoms with Crippen molar-refractivity contribution in [3.63, 3.8) is 0 Å². The van der Waals surface area contributed by atoms with Crippen LogP contribution < -0.4 is 9.62 Å². The van der Waals surface area contributed by atoms with Crippen molar-refractivity contribution in [2.45, 2.75) is 19.8 Å². The second-order valence-corrected chi connectivity index (χ2v) is 8.25. The molecule has 0 aliphatic rings. The third-order valence-corrected chi connectivity index (χ3v) is 5.22. The Morgan fingerprint density at radius 3 is 2.48 bits per heavy atom. The molecule has 0 aliphatic carbocycles. The molecule has 2 aromatic rings. The standard InChI is InChI=1S/C18H19F2N3O5S/c1-12-5-7-14(23(25)26)11-17(12)22(29(2,27)28)9-3-4-18(24)21-16-8-6-13(19)10-15(16)20/h5-8,10-11H,3-4,9H2,1-2H3,(H,21,24). The summed E-state index contributed by atoms with van der Waals surface area (Å²) in [5, 5.41) is 13.3. The van der Waals surface area contributed by atoms with Crippen LogP contribution in [0.25, 0.3) is 0 Å². The Morgan fingerprint density at radius 1 is 1.21 bits per heavy atom. The van der Waals surface area contributed by atoms with Gasteiger partial charge in [-0.25, -0.2) is 17.2 Å². The molecule has 11 heteroatoms. The Labute approximate surface area is 166 Å². The second kappa shape index (κ2) is 8.95. The molecule has 8 nitrogen and oxygen atoms in total. The van der Waals surface area contributed by atoms with Gasteiger partial charge in [-0.1, -0.05) is 6.07 Å². The maximum atomic E-state index is 13.6. The van der Waals surface area contributed by atoms with E-state index in [1.54, 1.807) is 6.92 Å². The summed E-state index contributed by atoms with van der Waals surface area (Å²) in [5.74, 6) is -2.29. The number of aryl methyl sites for hydroxylation is 1. The normalized spacial score (nSPS) is 11.2. The van der Waals surface area contributed by atoms with Gasteiger partial charge in [0.25, 0.3) is 5.69 Å². The molecule has 0 bridgehead atoms. The van der Waals surface area contributed by atoms with Gasteiger partial charge in [0.05, 0.1) is 22.6 Å². The first-order valence-electron chi connectivity index (χ1n) is 8.46. The van der Waals surface area contributed by atoms with E-state index in [1.165, 1.54) is 12.1 Å². The monoisotopic (exact) mass is 427 g/mol. The van der Waals surface area contributed by atoms with Gasteiger partial charge >= 0.3 is 0 Å². The summed E-state index contributed by atoms with van der Waals surface area (Å²) in [4.78, 5) is 22.4. The van der Waals surface area contributed by atoms with E-state index in [0.29, 0.717) is 11.6 Å². The zero-order valence-electron chi connectivity index (χ0n) is 15.7. The van der Waals surface area contributed by atoms with E-state index in [2.05, 4.69) is 5.32 Å². The maximum Gasteiger partial charge on any atom is 0.271 e. The van der Waals surface area contributed by atoms with Crippen molar-refractivity contribution in [2.24, 2.45) is 0 Å². The van der Waals surface area contributed by atoms with E-state index in [1.807, 2.05) is 0 Å². The molecule has 156 valence electrons. The van der Waals surface area contributed by atoms with Gasteiger partial charge in [0.15, 0.2) is 0 Å². The number of hydrogen-bond acceptors (Lipinski definition) is 5. The molecule has 0 saturated carbocycles. The second-order valence-electron chi connectivity index (χ2n) is 6.34. The minimum atomic E-state index is -3.77. The zero-order valence-corrected chi connectivity index (χ0v) is 16.5. The number of non-ortho nitro benzene ring substituents is 1. The molecular formula is C18H19F2N3O5S. The lowest BCUT2D eigenvalue weighted by atomic mass is 10.1. The number of sulfonamides is 1. The molecule has 0 atom stereocenters. The number of amides is 1. The van der Waals surface area contributed by atoms with Crippen LogP contribution in [0.15, 0.2) is 36.4 Å². The van der Waals surface area contributed by atoms with Gasteiger partial charge in [-0.3, -0.25) is 19.2 Å². The number of carbonyl (C=O) groups excluding carboxylic acids is 1. The third kappa shape index (κ3) is 5.95. The summed E-state index contributed by atoms with van der Waals surface area (Å²) in [7, 11) is -3.77. The van der Waals surface area contributed by atoms with Crippen molar-refractivity contribution in [1.29, 1.82) is 0 Å². The van der Waals surface area contributed by atoms with Gasteiger partial charge in [0.1, 0.15) is 11.6 Å². The Bertz CT molecular complexity index is 1040. The lowest BCUT2D eigenvalue weighted by Gasteiger charge is -2.24. The van der Waals surface area contributed by atoms with Gasteiger partial charge in [-0.15, -0.1) is 0 Å². The number of hydrogen-bond donors (Lipinski definition) is 1. The Balaban J connectivity index is 2.10. The number of nitrogens with one attached hydrogen (secondary N) is 1. The van der Waals surface area contributed by atoms with Gasteiger partial charge in [0.2, 0.25) is 15.9 Å². The number of benzene rings is 2. The fourth-order valence-corrected chi connectivity index (χ4v) is 3.65. The van der Waals surface area contributed by atoms with Crippen molar-refractivity contribution in [3.8, 4) is 0 Å². The third-order valence-electron chi connectivity index (χ3n) is 4.04. The Kier molecular flexibility index (Phi) is 6.85. The van der Waals surface area contributed by atoms with Gasteiger partial charge < -0.3 is 5.32 Å². The van der Waals surface area contributed by atoms with Crippen molar-refractivity contribution in [1.82, 2.24) is 0 Å². The van der Waals surface area contributed by atoms with Crippen LogP contribution in [0, 0.1) is 28.7 Å². The highest BCUT2D eigenvalue weighted by Gasteiger charge is 2.22. The first-order valence-corrected chi connectivity index (χ1v) is 10.3. The molecule has 0 unspecified atom stereocenters. The van der Waals surface area contributed by atoms with Crippen LogP contribution in [0.4, 0.5) is 25.8 Å². The largest absolute Gasteiger partial charge is 0.324 e. The van der Waals surface area contributed by atoms with Crippen LogP contribution in [0.5, 0.6) is 0 Å². The predicted molar refractivity (Wildman–Crippen MR) is 104 cm³/mol. The quantitative estimate of drug-likeness (QED) is 0.513. The van der Waals surface area contributed by atoms with Crippen molar-refractivity contribution in [2.75, 3.05) is 22.4 Å². The lowest BCUT2D eigenvalue weighted by molar-refractivity contribution is -0.384. The van der Waals surface area contributed by atoms with E-state index in [0.717, 1.165) is 28.8 Å². The molecule has 1 amide bonds. The highest BCUT2D eigenvalue weighted by atomic mass is 32.2. The summed E-state index contributed by atoms with van der Waals surface area (Å²) < 4.78 is 51.8. The number of nitro groups is 1. The first kappa shape index (κ1) is 22.2. The van der Waals surface area contributed by atoms with E-state index in [9.17, 15) is 32.1 Å². The molecule has 0 spiro atoms. The van der Waals surface area contributed by atoms with Crippen molar-refractivity contribution >= 4 is 33.0 Å². The molecule has 0 fully saturated rings. The average molecular weight is 427 g/mol. The van der Waals surface area contributed by atoms with Gasteiger partial charge in [-0.05, 0) is 31.0 Å². The van der Waals surface area contributed by atoms with E-state index in [4.69, 9.17) is 0 Å². The van der Waals surface area contributed by atoms with Crippen LogP contribution >= 0.6 is 0 Å². The summed E-state index contributed by atoms with van der Waals surface area (Å²) >= 11 is 0. The molecule has 0 radical (unpaired) electrons. The van der Waals surface area contributed by atoms with Crippen LogP contribution in [0.1, 0.15) is 18.4 Å². The molecule has 0 heterocycles. The molecule has 2 rings (SSSR count). The summed E-state index contributed by atoms with van der Waals surface area (Å²) in [6.45, 7) is 1.50. The Morgan fingerprint density at radius 2 is 1.90 bits per heavy atom. The first-order chi connectivity index (χ1) is 13.5. The van der Waals surface area contributed by atoms with Gasteiger partial charge in [0, 0.05) is 31.2 Å². The van der Waals surface area contributed by atoms with Crippen LogP contribution in [0.3, 0.4) is 0 Å². The minimum Gasteiger partial charge on any atom is -0.324 e. The molecule has 0 aromatic heterocycles. The summed E-state index contributed by atoms with van der Waals surface area (Å²) in [5.41, 5.74) is 0.209. The highest BCUT2D eigenvalue weighted by Crippen LogP contribution is 2.28. The predicted octanol–water partition coefficient (Wildman–Crippen LogP) is 3.37. The van der Waals surface area contributed by atoms with Crippen molar-refractivity contribution < 1.29 is 26.9 Å². The van der Waals surface area contributed by atoms with Crippen LogP contribution in [0.2, 0.25) is 0 Å². The molecule has 0 saturated heterocycles. The van der Waals surface area contributed by atoms with E-state index in [-0.39, 0.29) is 36.4 Å². The number of rotatable bonds is 8. The fourth-order valence-electron chi connectivity index (χ4n) is 2.63. The van der Waals surface area contributed by atoms with Crippen LogP contribution in [-0.2, 0) is 14.8 Å². The van der Waals surface area contributed by atoms with Crippen molar-refractivity contribution in [3.05, 3.63) is 63.7 Å². The van der Waals surface area contributed by atoms with Gasteiger partial charge in [-0.2, -0.15) is 0 Å². The number of anilines is 2. The summed E-state index contributed by atoms with van der Waals surface area (Å²) in [6, 6.07) is 6.57. The molecule has 2 aromatic carbocycles. The zero-order chi connectivity index (χ0) is 21.8. The SMILES string of the molecule is Cc1ccc([N+](=O)[O-])cc1N(CCCC(=O)Nc1ccc(F)cc1F)S(C)(=O)=O. The fraction of sp³-hybridized carbons (Fsp3) is 0.278. The Hall–Kier alpha value is -3.08. The number of nitrogens with zero attached hydrogens (tertiary/aromatic N) is 2. The highest BCUT2D eigenvalue weighted by molar-refractivity contribution is 7.92. The van der Waals surface area contributed by atoms with E-state index < -0.39 is 32.5 Å². The lowest BCUT2D eigenvalue weighted by Crippen LogP contribution is -2.32. The molecule has 0 aliphatic heterocycles. The molecule has 29 heavy (non-hydrogen) atoms. The number of carbonyl (C=O) groups is 1. The summed E-state index contributed by atoms with van der Waals surface area (Å²) in [6.07, 6.45) is 0.889. The average Bonchev–Trinajstić information content (AvgIpc) is 2.61. The molecule has 1 N–H and O–H groups in total. The molecular weight excluding hydrogens is 408 g/mol. The maximum absolute atomic E-state index is 13.6. The minimum absolute atomic E-state index is 0.0733. The van der Waals surface area contributed by atoms with E-state index >= 15 is 0 Å². The number of nitro benzene ring substituents is 1. The van der Waals surface area contributed by atoms with Crippen LogP contribution in [-0.4, -0.2) is 32.0 Å². The topological polar surface area (TPSA) is 110 Å². The smallest absolute Gasteiger partial charge is 0.271 e. The number of halogens is 2.